The Bertz CT molecular complexity index is 629. The van der Waals surface area contributed by atoms with Crippen LogP contribution in [-0.2, 0) is 10.2 Å². The van der Waals surface area contributed by atoms with Gasteiger partial charge in [-0.2, -0.15) is 17.0 Å². The van der Waals surface area contributed by atoms with E-state index < -0.39 is 10.2 Å². The Morgan fingerprint density at radius 1 is 1.17 bits per heavy atom. The van der Waals surface area contributed by atoms with Crippen LogP contribution in [0.25, 0.3) is 0 Å². The first-order valence-corrected chi connectivity index (χ1v) is 9.64. The maximum absolute atomic E-state index is 12.8. The van der Waals surface area contributed by atoms with Gasteiger partial charge in [0.15, 0.2) is 11.5 Å². The summed E-state index contributed by atoms with van der Waals surface area (Å²) in [7, 11) is -3.42. The van der Waals surface area contributed by atoms with Crippen molar-refractivity contribution in [1.82, 2.24) is 8.61 Å². The van der Waals surface area contributed by atoms with Gasteiger partial charge in [0.2, 0.25) is 0 Å². The monoisotopic (exact) mass is 340 g/mol. The Morgan fingerprint density at radius 2 is 1.87 bits per heavy atom. The molecule has 0 bridgehead atoms. The zero-order chi connectivity index (χ0) is 16.3. The van der Waals surface area contributed by atoms with Gasteiger partial charge in [-0.1, -0.05) is 25.5 Å². The van der Waals surface area contributed by atoms with E-state index in [4.69, 9.17) is 9.47 Å². The molecule has 0 radical (unpaired) electrons. The van der Waals surface area contributed by atoms with Crippen LogP contribution in [0.15, 0.2) is 24.3 Å². The summed E-state index contributed by atoms with van der Waals surface area (Å²) in [5, 5.41) is 0. The minimum atomic E-state index is -3.42. The van der Waals surface area contributed by atoms with E-state index in [2.05, 4.69) is 0 Å². The predicted molar refractivity (Wildman–Crippen MR) is 87.9 cm³/mol. The summed E-state index contributed by atoms with van der Waals surface area (Å²) in [4.78, 5) is 0. The van der Waals surface area contributed by atoms with E-state index in [1.54, 1.807) is 4.31 Å². The molecule has 7 heteroatoms. The summed E-state index contributed by atoms with van der Waals surface area (Å²) in [6.07, 6.45) is 2.69. The van der Waals surface area contributed by atoms with Crippen LogP contribution in [0.2, 0.25) is 0 Å². The van der Waals surface area contributed by atoms with Gasteiger partial charge >= 0.3 is 0 Å². The van der Waals surface area contributed by atoms with E-state index in [0.29, 0.717) is 44.3 Å². The number of likely N-dealkylation sites (N-methyl/N-ethyl adjacent to an activating group) is 1. The fraction of sp³-hybridized carbons (Fsp3) is 0.625. The molecule has 0 saturated carbocycles. The highest BCUT2D eigenvalue weighted by atomic mass is 32.2. The van der Waals surface area contributed by atoms with Gasteiger partial charge in [-0.15, -0.1) is 0 Å². The Labute approximate surface area is 138 Å². The lowest BCUT2D eigenvalue weighted by molar-refractivity contribution is 0.0757. The van der Waals surface area contributed by atoms with E-state index in [1.165, 1.54) is 4.31 Å². The maximum Gasteiger partial charge on any atom is 0.282 e. The zero-order valence-electron chi connectivity index (χ0n) is 13.5. The van der Waals surface area contributed by atoms with E-state index >= 15 is 0 Å². The summed E-state index contributed by atoms with van der Waals surface area (Å²) in [6, 6.07) is 7.47. The Kier molecular flexibility index (Phi) is 5.08. The fourth-order valence-corrected chi connectivity index (χ4v) is 4.75. The second-order valence-corrected chi connectivity index (χ2v) is 7.84. The second kappa shape index (κ2) is 7.07. The minimum absolute atomic E-state index is 0.288. The third kappa shape index (κ3) is 3.62. The number of para-hydroxylation sites is 2. The van der Waals surface area contributed by atoms with Gasteiger partial charge in [0, 0.05) is 19.6 Å². The maximum atomic E-state index is 12.8. The second-order valence-electron chi connectivity index (χ2n) is 5.92. The molecule has 2 aliphatic rings. The molecule has 128 valence electrons. The summed E-state index contributed by atoms with van der Waals surface area (Å²) in [6.45, 7) is 4.19. The minimum Gasteiger partial charge on any atom is -0.486 e. The number of benzene rings is 1. The van der Waals surface area contributed by atoms with Crippen LogP contribution >= 0.6 is 0 Å². The van der Waals surface area contributed by atoms with Crippen LogP contribution in [0, 0.1) is 0 Å². The van der Waals surface area contributed by atoms with Crippen LogP contribution in [0.4, 0.5) is 0 Å². The van der Waals surface area contributed by atoms with Gasteiger partial charge in [-0.3, -0.25) is 0 Å². The zero-order valence-corrected chi connectivity index (χ0v) is 14.3. The highest BCUT2D eigenvalue weighted by Crippen LogP contribution is 2.31. The summed E-state index contributed by atoms with van der Waals surface area (Å²) >= 11 is 0. The Hall–Kier alpha value is -1.31. The number of fused-ring (bicyclic) bond motifs is 1. The van der Waals surface area contributed by atoms with Crippen molar-refractivity contribution in [1.29, 1.82) is 0 Å². The lowest BCUT2D eigenvalue weighted by atomic mass is 10.2. The van der Waals surface area contributed by atoms with Gasteiger partial charge in [0.1, 0.15) is 12.7 Å². The van der Waals surface area contributed by atoms with Crippen molar-refractivity contribution in [2.24, 2.45) is 0 Å². The van der Waals surface area contributed by atoms with E-state index in [0.717, 1.165) is 19.3 Å². The molecule has 1 saturated heterocycles. The molecule has 0 N–H and O–H groups in total. The molecule has 0 amide bonds. The van der Waals surface area contributed by atoms with Gasteiger partial charge in [-0.05, 0) is 25.0 Å². The van der Waals surface area contributed by atoms with Crippen LogP contribution in [0.3, 0.4) is 0 Å². The standard InChI is InChI=1S/C16H24N2O4S/c1-2-17(23(19,20)18-10-6-3-7-11-18)12-14-13-21-15-8-4-5-9-16(15)22-14/h4-5,8-9,14H,2-3,6-7,10-13H2,1H3. The summed E-state index contributed by atoms with van der Waals surface area (Å²) in [5.41, 5.74) is 0. The fourth-order valence-electron chi connectivity index (χ4n) is 3.03. The van der Waals surface area contributed by atoms with Gasteiger partial charge in [0.05, 0.1) is 6.54 Å². The molecule has 0 aromatic heterocycles. The molecule has 0 spiro atoms. The van der Waals surface area contributed by atoms with Gasteiger partial charge < -0.3 is 9.47 Å². The molecule has 2 heterocycles. The molecule has 0 aliphatic carbocycles. The molecule has 1 unspecified atom stereocenters. The predicted octanol–water partition coefficient (Wildman–Crippen LogP) is 1.88. The number of rotatable bonds is 5. The van der Waals surface area contributed by atoms with Crippen molar-refractivity contribution in [3.05, 3.63) is 24.3 Å². The SMILES string of the molecule is CCN(CC1COc2ccccc2O1)S(=O)(=O)N1CCCCC1. The van der Waals surface area contributed by atoms with Crippen molar-refractivity contribution in [3.63, 3.8) is 0 Å². The average molecular weight is 340 g/mol. The molecule has 2 aliphatic heterocycles. The third-order valence-corrected chi connectivity index (χ3v) is 6.37. The first-order valence-electron chi connectivity index (χ1n) is 8.25. The number of hydrogen-bond acceptors (Lipinski definition) is 4. The number of hydrogen-bond donors (Lipinski definition) is 0. The lowest BCUT2D eigenvalue weighted by Crippen LogP contribution is -2.50. The van der Waals surface area contributed by atoms with Crippen LogP contribution in [-0.4, -0.2) is 55.9 Å². The van der Waals surface area contributed by atoms with Crippen LogP contribution < -0.4 is 9.47 Å². The molecule has 1 atom stereocenters. The van der Waals surface area contributed by atoms with Crippen molar-refractivity contribution in [2.75, 3.05) is 32.8 Å². The number of ether oxygens (including phenoxy) is 2. The largest absolute Gasteiger partial charge is 0.486 e. The van der Waals surface area contributed by atoms with Gasteiger partial charge in [-0.25, -0.2) is 0 Å². The highest BCUT2D eigenvalue weighted by molar-refractivity contribution is 7.86. The van der Waals surface area contributed by atoms with Crippen LogP contribution in [0.5, 0.6) is 11.5 Å². The van der Waals surface area contributed by atoms with E-state index in [-0.39, 0.29) is 6.10 Å². The highest BCUT2D eigenvalue weighted by Gasteiger charge is 2.33. The molecule has 1 aromatic rings. The number of nitrogens with zero attached hydrogens (tertiary/aromatic N) is 2. The first kappa shape index (κ1) is 16.5. The topological polar surface area (TPSA) is 59.1 Å². The summed E-state index contributed by atoms with van der Waals surface area (Å²) in [5.74, 6) is 1.39. The Balaban J connectivity index is 1.68. The average Bonchev–Trinajstić information content (AvgIpc) is 2.60. The molecular weight excluding hydrogens is 316 g/mol. The number of piperidine rings is 1. The van der Waals surface area contributed by atoms with Crippen molar-refractivity contribution >= 4 is 10.2 Å². The van der Waals surface area contributed by atoms with Crippen LogP contribution in [0.1, 0.15) is 26.2 Å². The van der Waals surface area contributed by atoms with Gasteiger partial charge in [0.25, 0.3) is 10.2 Å². The lowest BCUT2D eigenvalue weighted by Gasteiger charge is -2.34. The normalized spacial score (nSPS) is 22.3. The van der Waals surface area contributed by atoms with Crippen molar-refractivity contribution < 1.29 is 17.9 Å². The van der Waals surface area contributed by atoms with Crippen molar-refractivity contribution in [3.8, 4) is 11.5 Å². The molecule has 23 heavy (non-hydrogen) atoms. The third-order valence-electron chi connectivity index (χ3n) is 4.30. The smallest absolute Gasteiger partial charge is 0.282 e. The molecule has 1 fully saturated rings. The Morgan fingerprint density at radius 3 is 2.57 bits per heavy atom. The molecule has 6 nitrogen and oxygen atoms in total. The first-order chi connectivity index (χ1) is 11.1. The van der Waals surface area contributed by atoms with E-state index in [9.17, 15) is 8.42 Å². The summed E-state index contributed by atoms with van der Waals surface area (Å²) < 4.78 is 40.3. The van der Waals surface area contributed by atoms with Crippen molar-refractivity contribution in [2.45, 2.75) is 32.3 Å². The molecule has 1 aromatic carbocycles. The molecular formula is C16H24N2O4S. The quantitative estimate of drug-likeness (QED) is 0.821. The molecule has 3 rings (SSSR count). The van der Waals surface area contributed by atoms with E-state index in [1.807, 2.05) is 31.2 Å².